The van der Waals surface area contributed by atoms with Gasteiger partial charge in [-0.25, -0.2) is 4.79 Å². The average Bonchev–Trinajstić information content (AvgIpc) is 2.89. The average molecular weight is 395 g/mol. The first-order chi connectivity index (χ1) is 13.7. The molecule has 1 atom stereocenters. The van der Waals surface area contributed by atoms with Crippen LogP contribution >= 0.6 is 0 Å². The number of alkyl carbamates (subject to hydrolysis) is 1. The Labute approximate surface area is 173 Å². The Balaban J connectivity index is 1.49. The number of hydrogen-bond donors (Lipinski definition) is 1. The van der Waals surface area contributed by atoms with E-state index in [9.17, 15) is 4.79 Å². The molecular weight excluding hydrogens is 365 g/mol. The van der Waals surface area contributed by atoms with Crippen LogP contribution in [-0.4, -0.2) is 30.5 Å². The first-order valence-corrected chi connectivity index (χ1v) is 10.1. The van der Waals surface area contributed by atoms with Crippen molar-refractivity contribution in [2.24, 2.45) is 0 Å². The van der Waals surface area contributed by atoms with Crippen LogP contribution in [0.25, 0.3) is 0 Å². The van der Waals surface area contributed by atoms with Crippen molar-refractivity contribution >= 4 is 18.7 Å². The fourth-order valence-electron chi connectivity index (χ4n) is 3.16. The van der Waals surface area contributed by atoms with Crippen molar-refractivity contribution in [3.8, 4) is 0 Å². The Bertz CT molecular complexity index is 805. The molecule has 1 saturated heterocycles. The molecule has 1 fully saturated rings. The van der Waals surface area contributed by atoms with E-state index >= 15 is 0 Å². The lowest BCUT2D eigenvalue weighted by Gasteiger charge is -2.32. The maximum Gasteiger partial charge on any atom is 0.494 e. The predicted octanol–water partition coefficient (Wildman–Crippen LogP) is 3.84. The molecule has 29 heavy (non-hydrogen) atoms. The number of nitrogens with one attached hydrogen (secondary N) is 1. The van der Waals surface area contributed by atoms with E-state index in [0.717, 1.165) is 16.6 Å². The minimum Gasteiger partial charge on any atom is -0.445 e. The van der Waals surface area contributed by atoms with Crippen LogP contribution in [0.15, 0.2) is 54.6 Å². The second-order valence-electron chi connectivity index (χ2n) is 8.64. The van der Waals surface area contributed by atoms with Gasteiger partial charge >= 0.3 is 13.2 Å². The molecule has 0 bridgehead atoms. The minimum absolute atomic E-state index is 0.0408. The zero-order valence-corrected chi connectivity index (χ0v) is 17.9. The van der Waals surface area contributed by atoms with Gasteiger partial charge in [0.1, 0.15) is 6.61 Å². The van der Waals surface area contributed by atoms with Crippen LogP contribution in [0.2, 0.25) is 0 Å². The van der Waals surface area contributed by atoms with Gasteiger partial charge in [-0.05, 0) is 57.6 Å². The zero-order chi connectivity index (χ0) is 21.1. The number of carbonyl (C=O) groups is 1. The van der Waals surface area contributed by atoms with Crippen molar-refractivity contribution in [1.29, 1.82) is 0 Å². The van der Waals surface area contributed by atoms with Gasteiger partial charge in [0.05, 0.1) is 11.2 Å². The molecule has 154 valence electrons. The Kier molecular flexibility index (Phi) is 6.34. The summed E-state index contributed by atoms with van der Waals surface area (Å²) in [5, 5.41) is 2.88. The molecule has 0 aliphatic carbocycles. The van der Waals surface area contributed by atoms with Crippen molar-refractivity contribution in [3.63, 3.8) is 0 Å². The van der Waals surface area contributed by atoms with Crippen LogP contribution in [-0.2, 0) is 27.1 Å². The highest BCUT2D eigenvalue weighted by molar-refractivity contribution is 6.62. The molecule has 0 spiro atoms. The number of carbonyl (C=O) groups excluding carboxylic acids is 1. The summed E-state index contributed by atoms with van der Waals surface area (Å²) in [6, 6.07) is 17.7. The molecule has 1 amide bonds. The van der Waals surface area contributed by atoms with Gasteiger partial charge < -0.3 is 19.4 Å². The van der Waals surface area contributed by atoms with Gasteiger partial charge in [0.2, 0.25) is 0 Å². The molecule has 1 aliphatic heterocycles. The van der Waals surface area contributed by atoms with Gasteiger partial charge in [0, 0.05) is 6.04 Å². The lowest BCUT2D eigenvalue weighted by molar-refractivity contribution is 0.00578. The third kappa shape index (κ3) is 5.40. The highest BCUT2D eigenvalue weighted by Crippen LogP contribution is 2.36. The Morgan fingerprint density at radius 1 is 0.966 bits per heavy atom. The quantitative estimate of drug-likeness (QED) is 0.756. The molecule has 3 rings (SSSR count). The van der Waals surface area contributed by atoms with Crippen LogP contribution in [0, 0.1) is 0 Å². The van der Waals surface area contributed by atoms with Crippen molar-refractivity contribution in [2.45, 2.75) is 64.9 Å². The highest BCUT2D eigenvalue weighted by atomic mass is 16.7. The van der Waals surface area contributed by atoms with Crippen molar-refractivity contribution < 1.29 is 18.8 Å². The summed E-state index contributed by atoms with van der Waals surface area (Å²) in [5.41, 5.74) is 2.38. The molecule has 1 heterocycles. The summed E-state index contributed by atoms with van der Waals surface area (Å²) in [5.74, 6) is 0. The van der Waals surface area contributed by atoms with Gasteiger partial charge in [0.15, 0.2) is 0 Å². The first-order valence-electron chi connectivity index (χ1n) is 10.1. The normalized spacial score (nSPS) is 18.3. The summed E-state index contributed by atoms with van der Waals surface area (Å²) in [4.78, 5) is 12.0. The molecule has 2 aromatic rings. The van der Waals surface area contributed by atoms with Crippen LogP contribution in [0.3, 0.4) is 0 Å². The van der Waals surface area contributed by atoms with Crippen LogP contribution in [0.4, 0.5) is 4.79 Å². The fraction of sp³-hybridized carbons (Fsp3) is 0.435. The van der Waals surface area contributed by atoms with E-state index in [0.29, 0.717) is 6.42 Å². The van der Waals surface area contributed by atoms with Gasteiger partial charge in [0.25, 0.3) is 0 Å². The number of hydrogen-bond acceptors (Lipinski definition) is 4. The third-order valence-electron chi connectivity index (χ3n) is 5.62. The van der Waals surface area contributed by atoms with Crippen LogP contribution < -0.4 is 10.8 Å². The van der Waals surface area contributed by atoms with E-state index in [-0.39, 0.29) is 31.0 Å². The molecule has 1 aliphatic rings. The second-order valence-corrected chi connectivity index (χ2v) is 8.64. The SMILES string of the molecule is CC(Cc1ccc(B2OC(C)(C)C(C)(C)O2)cc1)NC(=O)OCc1ccccc1. The molecule has 5 nitrogen and oxygen atoms in total. The fourth-order valence-corrected chi connectivity index (χ4v) is 3.16. The molecule has 1 N–H and O–H groups in total. The standard InChI is InChI=1S/C23H30BNO4/c1-17(25-21(26)27-16-19-9-7-6-8-10-19)15-18-11-13-20(14-12-18)24-28-22(2,3)23(4,5)29-24/h6-14,17H,15-16H2,1-5H3,(H,25,26). The number of ether oxygens (including phenoxy) is 1. The summed E-state index contributed by atoms with van der Waals surface area (Å²) < 4.78 is 17.5. The predicted molar refractivity (Wildman–Crippen MR) is 115 cm³/mol. The summed E-state index contributed by atoms with van der Waals surface area (Å²) in [6.07, 6.45) is 0.305. The monoisotopic (exact) mass is 395 g/mol. The maximum atomic E-state index is 12.0. The van der Waals surface area contributed by atoms with Gasteiger partial charge in [-0.3, -0.25) is 0 Å². The van der Waals surface area contributed by atoms with Gasteiger partial charge in [-0.1, -0.05) is 54.6 Å². The maximum absolute atomic E-state index is 12.0. The first kappa shape index (κ1) is 21.4. The topological polar surface area (TPSA) is 56.8 Å². The molecular formula is C23H30BNO4. The molecule has 0 saturated carbocycles. The van der Waals surface area contributed by atoms with E-state index in [4.69, 9.17) is 14.0 Å². The van der Waals surface area contributed by atoms with Crippen LogP contribution in [0.5, 0.6) is 0 Å². The summed E-state index contributed by atoms with van der Waals surface area (Å²) >= 11 is 0. The number of amides is 1. The molecule has 2 aromatic carbocycles. The van der Waals surface area contributed by atoms with E-state index < -0.39 is 6.09 Å². The van der Waals surface area contributed by atoms with Gasteiger partial charge in [-0.2, -0.15) is 0 Å². The van der Waals surface area contributed by atoms with E-state index in [1.807, 2.05) is 89.2 Å². The summed E-state index contributed by atoms with van der Waals surface area (Å²) in [7, 11) is -0.363. The molecule has 0 aromatic heterocycles. The van der Waals surface area contributed by atoms with E-state index in [2.05, 4.69) is 5.32 Å². The van der Waals surface area contributed by atoms with Crippen molar-refractivity contribution in [1.82, 2.24) is 5.32 Å². The molecule has 1 unspecified atom stereocenters. The van der Waals surface area contributed by atoms with Crippen molar-refractivity contribution in [2.75, 3.05) is 0 Å². The minimum atomic E-state index is -0.407. The lowest BCUT2D eigenvalue weighted by atomic mass is 9.78. The smallest absolute Gasteiger partial charge is 0.445 e. The van der Waals surface area contributed by atoms with E-state index in [1.54, 1.807) is 0 Å². The zero-order valence-electron chi connectivity index (χ0n) is 17.9. The summed E-state index contributed by atoms with van der Waals surface area (Å²) in [6.45, 7) is 10.4. The van der Waals surface area contributed by atoms with Crippen molar-refractivity contribution in [3.05, 3.63) is 65.7 Å². The number of benzene rings is 2. The lowest BCUT2D eigenvalue weighted by Crippen LogP contribution is -2.41. The second kappa shape index (κ2) is 8.60. The largest absolute Gasteiger partial charge is 0.494 e. The van der Waals surface area contributed by atoms with Crippen LogP contribution in [0.1, 0.15) is 45.7 Å². The molecule has 6 heteroatoms. The number of rotatable bonds is 6. The van der Waals surface area contributed by atoms with E-state index in [1.165, 1.54) is 0 Å². The highest BCUT2D eigenvalue weighted by Gasteiger charge is 2.51. The third-order valence-corrected chi connectivity index (χ3v) is 5.62. The Hall–Kier alpha value is -2.31. The Morgan fingerprint density at radius 2 is 1.55 bits per heavy atom. The Morgan fingerprint density at radius 3 is 2.14 bits per heavy atom. The molecule has 0 radical (unpaired) electrons. The van der Waals surface area contributed by atoms with Gasteiger partial charge in [-0.15, -0.1) is 0 Å².